The van der Waals surface area contributed by atoms with Crippen molar-refractivity contribution in [1.29, 1.82) is 0 Å². The van der Waals surface area contributed by atoms with Crippen LogP contribution in [0.3, 0.4) is 0 Å². The molecule has 1 heterocycles. The molecule has 0 radical (unpaired) electrons. The number of hydrogen-bond acceptors (Lipinski definition) is 7. The molecule has 1 aromatic heterocycles. The molecule has 0 saturated heterocycles. The minimum Gasteiger partial charge on any atom is -0.493 e. The summed E-state index contributed by atoms with van der Waals surface area (Å²) in [5, 5.41) is 0.151. The lowest BCUT2D eigenvalue weighted by Crippen LogP contribution is -2.19. The maximum atomic E-state index is 13.7. The van der Waals surface area contributed by atoms with Gasteiger partial charge in [-0.3, -0.25) is 4.79 Å². The summed E-state index contributed by atoms with van der Waals surface area (Å²) < 4.78 is 92.9. The number of carbonyl (C=O) groups is 1. The summed E-state index contributed by atoms with van der Waals surface area (Å²) >= 11 is 0. The Balaban J connectivity index is 1.58. The van der Waals surface area contributed by atoms with Gasteiger partial charge < -0.3 is 23.4 Å². The van der Waals surface area contributed by atoms with Crippen molar-refractivity contribution in [2.75, 3.05) is 20.8 Å². The molecule has 0 amide bonds. The largest absolute Gasteiger partial charge is 0.493 e. The van der Waals surface area contributed by atoms with Gasteiger partial charge in [-0.15, -0.1) is 0 Å². The molecule has 0 aliphatic carbocycles. The first-order valence-corrected chi connectivity index (χ1v) is 10.7. The highest BCUT2D eigenvalue weighted by molar-refractivity contribution is 5.85. The first-order valence-electron chi connectivity index (χ1n) is 10.7. The molecule has 0 atom stereocenters. The average molecular weight is 536 g/mol. The number of methoxy groups -OCH3 is 2. The molecule has 12 heteroatoms. The summed E-state index contributed by atoms with van der Waals surface area (Å²) in [5.41, 5.74) is 0.446. The Bertz CT molecular complexity index is 1600. The Kier molecular flexibility index (Phi) is 7.24. The standard InChI is InChI=1S/C26H17F5O7/c1-11-19(12-4-7-15(34-2)17(8-12)35-3)25(33)14-6-5-13(9-16(14)37-11)38-18(32)10-36-26-23(30)21(28)20(27)22(29)24(26)31/h4-9H,10H2,1-3H3. The minimum atomic E-state index is -2.36. The van der Waals surface area contributed by atoms with Crippen LogP contribution in [0.15, 0.2) is 45.6 Å². The molecular formula is C26H17F5O7. The van der Waals surface area contributed by atoms with Crippen molar-refractivity contribution in [3.05, 3.63) is 81.5 Å². The fourth-order valence-electron chi connectivity index (χ4n) is 3.68. The van der Waals surface area contributed by atoms with Crippen LogP contribution in [0.25, 0.3) is 22.1 Å². The highest BCUT2D eigenvalue weighted by Crippen LogP contribution is 2.34. The molecule has 38 heavy (non-hydrogen) atoms. The van der Waals surface area contributed by atoms with E-state index in [1.54, 1.807) is 25.1 Å². The smallest absolute Gasteiger partial charge is 0.349 e. The third-order valence-electron chi connectivity index (χ3n) is 5.45. The summed E-state index contributed by atoms with van der Waals surface area (Å²) in [6.45, 7) is 0.376. The lowest BCUT2D eigenvalue weighted by atomic mass is 10.0. The highest BCUT2D eigenvalue weighted by atomic mass is 19.2. The van der Waals surface area contributed by atoms with E-state index in [9.17, 15) is 31.5 Å². The van der Waals surface area contributed by atoms with Crippen molar-refractivity contribution in [2.24, 2.45) is 0 Å². The van der Waals surface area contributed by atoms with Crippen molar-refractivity contribution < 1.29 is 50.1 Å². The molecule has 0 bridgehead atoms. The molecule has 3 aromatic carbocycles. The van der Waals surface area contributed by atoms with Gasteiger partial charge >= 0.3 is 5.97 Å². The fourth-order valence-corrected chi connectivity index (χ4v) is 3.68. The van der Waals surface area contributed by atoms with E-state index in [-0.39, 0.29) is 33.5 Å². The fraction of sp³-hybridized carbons (Fsp3) is 0.154. The second kappa shape index (κ2) is 10.4. The van der Waals surface area contributed by atoms with Crippen LogP contribution >= 0.6 is 0 Å². The molecule has 0 unspecified atom stereocenters. The van der Waals surface area contributed by atoms with E-state index < -0.39 is 47.4 Å². The first-order chi connectivity index (χ1) is 18.1. The van der Waals surface area contributed by atoms with Gasteiger partial charge in [0.05, 0.1) is 25.2 Å². The summed E-state index contributed by atoms with van der Waals surface area (Å²) in [4.78, 5) is 25.3. The second-order valence-electron chi connectivity index (χ2n) is 7.75. The molecule has 7 nitrogen and oxygen atoms in total. The van der Waals surface area contributed by atoms with Gasteiger partial charge in [0.15, 0.2) is 23.9 Å². The van der Waals surface area contributed by atoms with Gasteiger partial charge in [-0.05, 0) is 36.8 Å². The number of carbonyl (C=O) groups excluding carboxylic acids is 1. The van der Waals surface area contributed by atoms with Gasteiger partial charge in [0.2, 0.25) is 34.5 Å². The Morgan fingerprint density at radius 1 is 0.842 bits per heavy atom. The van der Waals surface area contributed by atoms with Crippen LogP contribution in [-0.2, 0) is 4.79 Å². The van der Waals surface area contributed by atoms with Crippen LogP contribution in [0.4, 0.5) is 22.0 Å². The van der Waals surface area contributed by atoms with Crippen molar-refractivity contribution in [2.45, 2.75) is 6.92 Å². The van der Waals surface area contributed by atoms with Crippen LogP contribution in [0.5, 0.6) is 23.0 Å². The van der Waals surface area contributed by atoms with E-state index in [2.05, 4.69) is 4.74 Å². The van der Waals surface area contributed by atoms with Crippen LogP contribution in [0.2, 0.25) is 0 Å². The van der Waals surface area contributed by atoms with Crippen LogP contribution < -0.4 is 24.4 Å². The number of halogens is 5. The van der Waals surface area contributed by atoms with Gasteiger partial charge in [0, 0.05) is 6.07 Å². The van der Waals surface area contributed by atoms with Crippen molar-refractivity contribution in [3.8, 4) is 34.1 Å². The molecule has 0 aliphatic heterocycles. The van der Waals surface area contributed by atoms with Gasteiger partial charge in [-0.1, -0.05) is 6.07 Å². The molecule has 0 aliphatic rings. The van der Waals surface area contributed by atoms with Crippen molar-refractivity contribution in [3.63, 3.8) is 0 Å². The Morgan fingerprint density at radius 3 is 2.11 bits per heavy atom. The zero-order valence-electron chi connectivity index (χ0n) is 19.9. The van der Waals surface area contributed by atoms with E-state index in [0.717, 1.165) is 0 Å². The predicted octanol–water partition coefficient (Wildman–Crippen LogP) is 5.47. The van der Waals surface area contributed by atoms with Crippen LogP contribution in [0.1, 0.15) is 5.76 Å². The number of ether oxygens (including phenoxy) is 4. The van der Waals surface area contributed by atoms with Crippen molar-refractivity contribution >= 4 is 16.9 Å². The third kappa shape index (κ3) is 4.72. The highest BCUT2D eigenvalue weighted by Gasteiger charge is 2.27. The molecule has 0 spiro atoms. The predicted molar refractivity (Wildman–Crippen MR) is 123 cm³/mol. The summed E-state index contributed by atoms with van der Waals surface area (Å²) in [6, 6.07) is 8.71. The van der Waals surface area contributed by atoms with Gasteiger partial charge in [-0.25, -0.2) is 18.0 Å². The van der Waals surface area contributed by atoms with Gasteiger partial charge in [-0.2, -0.15) is 8.78 Å². The third-order valence-corrected chi connectivity index (χ3v) is 5.45. The van der Waals surface area contributed by atoms with Crippen LogP contribution in [0, 0.1) is 36.0 Å². The van der Waals surface area contributed by atoms with E-state index in [1.807, 2.05) is 0 Å². The van der Waals surface area contributed by atoms with Gasteiger partial charge in [0.25, 0.3) is 0 Å². The molecule has 198 valence electrons. The van der Waals surface area contributed by atoms with E-state index >= 15 is 0 Å². The number of benzene rings is 3. The zero-order chi connectivity index (χ0) is 27.7. The monoisotopic (exact) mass is 536 g/mol. The van der Waals surface area contributed by atoms with Crippen molar-refractivity contribution in [1.82, 2.24) is 0 Å². The molecule has 0 N–H and O–H groups in total. The number of aryl methyl sites for hydroxylation is 1. The summed E-state index contributed by atoms with van der Waals surface area (Å²) in [5.74, 6) is -13.1. The van der Waals surface area contributed by atoms with E-state index in [1.165, 1.54) is 32.4 Å². The zero-order valence-corrected chi connectivity index (χ0v) is 19.9. The summed E-state index contributed by atoms with van der Waals surface area (Å²) in [6.07, 6.45) is 0. The lowest BCUT2D eigenvalue weighted by Gasteiger charge is -2.12. The summed E-state index contributed by atoms with van der Waals surface area (Å²) in [7, 11) is 2.93. The average Bonchev–Trinajstić information content (AvgIpc) is 2.90. The maximum Gasteiger partial charge on any atom is 0.349 e. The SMILES string of the molecule is COc1ccc(-c2c(C)oc3cc(OC(=O)COc4c(F)c(F)c(F)c(F)c4F)ccc3c2=O)cc1OC. The Morgan fingerprint density at radius 2 is 1.47 bits per heavy atom. The topological polar surface area (TPSA) is 84.2 Å². The van der Waals surface area contributed by atoms with E-state index in [0.29, 0.717) is 17.1 Å². The van der Waals surface area contributed by atoms with Gasteiger partial charge in [0.1, 0.15) is 17.1 Å². The molecule has 4 aromatic rings. The second-order valence-corrected chi connectivity index (χ2v) is 7.75. The number of esters is 1. The minimum absolute atomic E-state index is 0.0581. The maximum absolute atomic E-state index is 13.7. The number of fused-ring (bicyclic) bond motifs is 1. The van der Waals surface area contributed by atoms with Crippen LogP contribution in [-0.4, -0.2) is 26.8 Å². The Labute approximate surface area is 210 Å². The number of hydrogen-bond donors (Lipinski definition) is 0. The quantitative estimate of drug-likeness (QED) is 0.102. The van der Waals surface area contributed by atoms with E-state index in [4.69, 9.17) is 18.6 Å². The molecule has 4 rings (SSSR count). The normalized spacial score (nSPS) is 10.9. The molecule has 0 fully saturated rings. The molecular weight excluding hydrogens is 519 g/mol. The molecule has 0 saturated carbocycles. The lowest BCUT2D eigenvalue weighted by molar-refractivity contribution is -0.136. The number of rotatable bonds is 7. The Hall–Kier alpha value is -4.61. The first kappa shape index (κ1) is 26.5.